The molecule has 0 spiro atoms. The molecule has 2 heterocycles. The molecule has 0 aromatic carbocycles. The Morgan fingerprint density at radius 3 is 2.78 bits per heavy atom. The predicted octanol–water partition coefficient (Wildman–Crippen LogP) is 1.42. The van der Waals surface area contributed by atoms with Gasteiger partial charge in [0.15, 0.2) is 5.69 Å². The van der Waals surface area contributed by atoms with Gasteiger partial charge in [0.1, 0.15) is 0 Å². The Balaban J connectivity index is 2.21. The molecule has 18 heavy (non-hydrogen) atoms. The maximum absolute atomic E-state index is 12.7. The summed E-state index contributed by atoms with van der Waals surface area (Å²) in [7, 11) is 1.27. The number of aryl methyl sites for hydroxylation is 1. The summed E-state index contributed by atoms with van der Waals surface area (Å²) < 4.78 is 43.8. The van der Waals surface area contributed by atoms with E-state index in [-0.39, 0.29) is 30.5 Å². The van der Waals surface area contributed by atoms with Gasteiger partial charge in [-0.15, -0.1) is 5.10 Å². The van der Waals surface area contributed by atoms with Gasteiger partial charge in [-0.3, -0.25) is 4.79 Å². The largest absolute Gasteiger partial charge is 0.469 e. The van der Waals surface area contributed by atoms with Gasteiger partial charge in [0.2, 0.25) is 0 Å². The highest BCUT2D eigenvalue weighted by molar-refractivity contribution is 5.72. The van der Waals surface area contributed by atoms with Crippen molar-refractivity contribution < 1.29 is 22.7 Å². The minimum atomic E-state index is -4.50. The third-order valence-corrected chi connectivity index (χ3v) is 3.06. The molecule has 0 bridgehead atoms. The summed E-state index contributed by atoms with van der Waals surface area (Å²) in [6.45, 7) is 0.248. The number of nitrogens with zero attached hydrogens (tertiary/aromatic N) is 3. The Morgan fingerprint density at radius 2 is 2.17 bits per heavy atom. The highest BCUT2D eigenvalue weighted by Crippen LogP contribution is 2.32. The first kappa shape index (κ1) is 12.8. The average molecular weight is 263 g/mol. The van der Waals surface area contributed by atoms with E-state index in [0.717, 1.165) is 0 Å². The number of aromatic nitrogens is 3. The molecule has 1 aliphatic rings. The zero-order chi connectivity index (χ0) is 13.3. The van der Waals surface area contributed by atoms with Crippen LogP contribution in [0.3, 0.4) is 0 Å². The first-order chi connectivity index (χ1) is 8.43. The first-order valence-corrected chi connectivity index (χ1v) is 5.51. The number of hydrogen-bond acceptors (Lipinski definition) is 4. The van der Waals surface area contributed by atoms with E-state index in [1.54, 1.807) is 0 Å². The summed E-state index contributed by atoms with van der Waals surface area (Å²) in [5.74, 6) is -0.764. The number of carbonyl (C=O) groups is 1. The Morgan fingerprint density at radius 1 is 1.44 bits per heavy atom. The van der Waals surface area contributed by atoms with E-state index in [4.69, 9.17) is 0 Å². The minimum absolute atomic E-state index is 0.0499. The Hall–Kier alpha value is -1.60. The summed E-state index contributed by atoms with van der Waals surface area (Å²) in [5.41, 5.74) is -0.901. The van der Waals surface area contributed by atoms with E-state index in [9.17, 15) is 18.0 Å². The van der Waals surface area contributed by atoms with Crippen LogP contribution in [0.4, 0.5) is 13.2 Å². The van der Waals surface area contributed by atoms with Crippen molar-refractivity contribution in [3.8, 4) is 0 Å². The molecule has 8 heteroatoms. The maximum Gasteiger partial charge on any atom is 0.437 e. The van der Waals surface area contributed by atoms with Crippen LogP contribution in [0, 0.1) is 5.92 Å². The third-order valence-electron chi connectivity index (χ3n) is 3.06. The summed E-state index contributed by atoms with van der Waals surface area (Å²) >= 11 is 0. The van der Waals surface area contributed by atoms with Crippen molar-refractivity contribution >= 4 is 5.97 Å². The second-order valence-corrected chi connectivity index (χ2v) is 4.15. The van der Waals surface area contributed by atoms with Crippen LogP contribution >= 0.6 is 0 Å². The number of ether oxygens (including phenoxy) is 1. The molecule has 5 nitrogen and oxygen atoms in total. The van der Waals surface area contributed by atoms with Crippen molar-refractivity contribution in [1.82, 2.24) is 15.0 Å². The summed E-state index contributed by atoms with van der Waals surface area (Å²) in [4.78, 5) is 11.4. The molecule has 0 N–H and O–H groups in total. The van der Waals surface area contributed by atoms with Crippen LogP contribution in [0.5, 0.6) is 0 Å². The molecule has 1 aromatic heterocycles. The van der Waals surface area contributed by atoms with E-state index in [2.05, 4.69) is 15.0 Å². The number of esters is 1. The number of fused-ring (bicyclic) bond motifs is 1. The van der Waals surface area contributed by atoms with Crippen molar-refractivity contribution in [3.05, 3.63) is 11.4 Å². The van der Waals surface area contributed by atoms with Crippen LogP contribution in [0.1, 0.15) is 24.2 Å². The molecule has 0 unspecified atom stereocenters. The Bertz CT molecular complexity index is 456. The maximum atomic E-state index is 12.7. The smallest absolute Gasteiger partial charge is 0.437 e. The van der Waals surface area contributed by atoms with Gasteiger partial charge in [0.05, 0.1) is 18.7 Å². The van der Waals surface area contributed by atoms with Crippen molar-refractivity contribution in [1.29, 1.82) is 0 Å². The summed E-state index contributed by atoms with van der Waals surface area (Å²) in [6, 6.07) is 0. The Kier molecular flexibility index (Phi) is 3.27. The highest BCUT2D eigenvalue weighted by Gasteiger charge is 2.39. The van der Waals surface area contributed by atoms with E-state index in [1.807, 2.05) is 0 Å². The van der Waals surface area contributed by atoms with Gasteiger partial charge in [0.25, 0.3) is 0 Å². The molecule has 0 radical (unpaired) electrons. The van der Waals surface area contributed by atoms with Gasteiger partial charge in [-0.25, -0.2) is 4.68 Å². The molecular weight excluding hydrogens is 251 g/mol. The zero-order valence-electron chi connectivity index (χ0n) is 9.70. The predicted molar refractivity (Wildman–Crippen MR) is 53.5 cm³/mol. The third kappa shape index (κ3) is 2.32. The van der Waals surface area contributed by atoms with Crippen LogP contribution in [-0.4, -0.2) is 28.1 Å². The minimum Gasteiger partial charge on any atom is -0.469 e. The van der Waals surface area contributed by atoms with E-state index in [1.165, 1.54) is 11.8 Å². The molecule has 0 saturated heterocycles. The van der Waals surface area contributed by atoms with Gasteiger partial charge in [-0.2, -0.15) is 13.2 Å². The normalized spacial score (nSPS) is 20.1. The molecule has 100 valence electrons. The highest BCUT2D eigenvalue weighted by atomic mass is 19.4. The van der Waals surface area contributed by atoms with Crippen LogP contribution in [0.2, 0.25) is 0 Å². The van der Waals surface area contributed by atoms with Gasteiger partial charge in [0, 0.05) is 6.54 Å². The topological polar surface area (TPSA) is 57.0 Å². The fourth-order valence-electron chi connectivity index (χ4n) is 2.12. The number of halogens is 3. The lowest BCUT2D eigenvalue weighted by Gasteiger charge is -2.10. The van der Waals surface area contributed by atoms with Crippen molar-refractivity contribution in [2.45, 2.75) is 32.0 Å². The molecule has 1 aliphatic heterocycles. The Labute approximate surface area is 101 Å². The van der Waals surface area contributed by atoms with Crippen LogP contribution in [0.25, 0.3) is 0 Å². The zero-order valence-corrected chi connectivity index (χ0v) is 9.70. The second-order valence-electron chi connectivity index (χ2n) is 4.15. The molecule has 0 fully saturated rings. The number of carbonyl (C=O) groups excluding carboxylic acids is 1. The van der Waals surface area contributed by atoms with Crippen LogP contribution in [-0.2, 0) is 28.7 Å². The molecule has 0 aliphatic carbocycles. The molecule has 1 aromatic rings. The molecule has 0 amide bonds. The lowest BCUT2D eigenvalue weighted by Crippen LogP contribution is -2.17. The first-order valence-electron chi connectivity index (χ1n) is 5.51. The van der Waals surface area contributed by atoms with Gasteiger partial charge < -0.3 is 4.74 Å². The molecule has 0 saturated carbocycles. The number of hydrogen-bond donors (Lipinski definition) is 0. The van der Waals surface area contributed by atoms with Gasteiger partial charge in [-0.05, 0) is 19.3 Å². The molecule has 2 rings (SSSR count). The second kappa shape index (κ2) is 4.58. The number of alkyl halides is 3. The van der Waals surface area contributed by atoms with Gasteiger partial charge in [-0.1, -0.05) is 5.21 Å². The molecule has 1 atom stereocenters. The summed E-state index contributed by atoms with van der Waals surface area (Å²) in [6.07, 6.45) is -3.64. The van der Waals surface area contributed by atoms with Crippen molar-refractivity contribution in [2.75, 3.05) is 7.11 Å². The fraction of sp³-hybridized carbons (Fsp3) is 0.700. The monoisotopic (exact) mass is 263 g/mol. The van der Waals surface area contributed by atoms with Crippen LogP contribution < -0.4 is 0 Å². The molecular formula is C10H12F3N3O2. The summed E-state index contributed by atoms with van der Waals surface area (Å²) in [5, 5.41) is 6.67. The SMILES string of the molecule is COC(=O)[C@H]1CCc2c(C(F)(F)F)nnn2CC1. The fourth-order valence-corrected chi connectivity index (χ4v) is 2.12. The standard InChI is InChI=1S/C10H12F3N3O2/c1-18-9(17)6-2-3-7-8(10(11,12)13)14-15-16(7)5-4-6/h6H,2-5H2,1H3/t6-/m0/s1. The van der Waals surface area contributed by atoms with Crippen molar-refractivity contribution in [3.63, 3.8) is 0 Å². The van der Waals surface area contributed by atoms with E-state index >= 15 is 0 Å². The number of rotatable bonds is 1. The average Bonchev–Trinajstić information content (AvgIpc) is 2.61. The van der Waals surface area contributed by atoms with Crippen molar-refractivity contribution in [2.24, 2.45) is 5.92 Å². The van der Waals surface area contributed by atoms with Gasteiger partial charge >= 0.3 is 12.1 Å². The van der Waals surface area contributed by atoms with Crippen LogP contribution in [0.15, 0.2) is 0 Å². The lowest BCUT2D eigenvalue weighted by atomic mass is 10.00. The van der Waals surface area contributed by atoms with E-state index < -0.39 is 11.9 Å². The number of methoxy groups -OCH3 is 1. The quantitative estimate of drug-likeness (QED) is 0.719. The lowest BCUT2D eigenvalue weighted by molar-refractivity contribution is -0.145. The van der Waals surface area contributed by atoms with E-state index in [0.29, 0.717) is 12.8 Å².